The molecule has 0 saturated heterocycles. The minimum atomic E-state index is -0.554. The van der Waals surface area contributed by atoms with E-state index < -0.39 is 11.6 Å². The Bertz CT molecular complexity index is 1240. The van der Waals surface area contributed by atoms with Crippen LogP contribution in [0.15, 0.2) is 56.1 Å². The fourth-order valence-electron chi connectivity index (χ4n) is 2.69. The molecule has 4 nitrogen and oxygen atoms in total. The third kappa shape index (κ3) is 3.05. The number of esters is 1. The number of fused-ring (bicyclic) bond motifs is 2. The van der Waals surface area contributed by atoms with Crippen molar-refractivity contribution in [2.75, 3.05) is 0 Å². The second kappa shape index (κ2) is 6.54. The summed E-state index contributed by atoms with van der Waals surface area (Å²) in [5.41, 5.74) is 0.718. The van der Waals surface area contributed by atoms with Gasteiger partial charge in [-0.3, -0.25) is 0 Å². The van der Waals surface area contributed by atoms with Crippen LogP contribution in [0, 0.1) is 6.92 Å². The molecule has 4 rings (SSSR count). The maximum Gasteiger partial charge on any atom is 0.355 e. The highest BCUT2D eigenvalue weighted by Gasteiger charge is 2.19. The third-order valence-electron chi connectivity index (χ3n) is 3.91. The van der Waals surface area contributed by atoms with Gasteiger partial charge in [0.1, 0.15) is 16.2 Å². The van der Waals surface area contributed by atoms with Crippen LogP contribution in [0.4, 0.5) is 0 Å². The van der Waals surface area contributed by atoms with Gasteiger partial charge in [-0.05, 0) is 36.8 Å². The summed E-state index contributed by atoms with van der Waals surface area (Å²) in [6, 6.07) is 12.0. The summed E-state index contributed by atoms with van der Waals surface area (Å²) in [4.78, 5) is 24.4. The highest BCUT2D eigenvalue weighted by atomic mass is 79.9. The molecular weight excluding hydrogens is 440 g/mol. The number of ether oxygens (including phenoxy) is 1. The second-order valence-electron chi connectivity index (χ2n) is 5.68. The van der Waals surface area contributed by atoms with Crippen LogP contribution in [-0.2, 0) is 0 Å². The Morgan fingerprint density at radius 2 is 1.92 bits per heavy atom. The first-order valence-electron chi connectivity index (χ1n) is 7.56. The lowest BCUT2D eigenvalue weighted by Gasteiger charge is -2.05. The molecule has 0 bridgehead atoms. The summed E-state index contributed by atoms with van der Waals surface area (Å²) in [7, 11) is 0. The van der Waals surface area contributed by atoms with Gasteiger partial charge >= 0.3 is 11.6 Å². The van der Waals surface area contributed by atoms with Gasteiger partial charge in [0.15, 0.2) is 0 Å². The van der Waals surface area contributed by atoms with E-state index in [1.165, 1.54) is 23.5 Å². The molecule has 0 N–H and O–H groups in total. The van der Waals surface area contributed by atoms with Gasteiger partial charge in [-0.1, -0.05) is 33.6 Å². The van der Waals surface area contributed by atoms with Crippen molar-refractivity contribution in [2.45, 2.75) is 6.92 Å². The molecule has 130 valence electrons. The average molecular weight is 450 g/mol. The highest BCUT2D eigenvalue weighted by molar-refractivity contribution is 9.10. The van der Waals surface area contributed by atoms with E-state index in [4.69, 9.17) is 20.8 Å². The summed E-state index contributed by atoms with van der Waals surface area (Å²) in [6.07, 6.45) is 0. The Hall–Kier alpha value is -2.15. The number of benzene rings is 2. The molecule has 2 aromatic carbocycles. The zero-order valence-corrected chi connectivity index (χ0v) is 16.5. The van der Waals surface area contributed by atoms with E-state index in [0.717, 1.165) is 25.5 Å². The van der Waals surface area contributed by atoms with E-state index in [2.05, 4.69) is 15.9 Å². The molecule has 2 aromatic heterocycles. The van der Waals surface area contributed by atoms with Crippen molar-refractivity contribution in [1.29, 1.82) is 0 Å². The molecule has 0 aliphatic carbocycles. The number of carbonyl (C=O) groups is 1. The average Bonchev–Trinajstić information content (AvgIpc) is 2.90. The van der Waals surface area contributed by atoms with Crippen molar-refractivity contribution in [3.63, 3.8) is 0 Å². The first-order valence-corrected chi connectivity index (χ1v) is 9.55. The molecule has 0 unspecified atom stereocenters. The van der Waals surface area contributed by atoms with Crippen LogP contribution in [0.3, 0.4) is 0 Å². The van der Waals surface area contributed by atoms with Gasteiger partial charge in [-0.15, -0.1) is 11.3 Å². The quantitative estimate of drug-likeness (QED) is 0.215. The molecular formula is C19H10BrClO4S. The zero-order valence-electron chi connectivity index (χ0n) is 13.3. The van der Waals surface area contributed by atoms with Crippen molar-refractivity contribution < 1.29 is 13.9 Å². The SMILES string of the molecule is Cc1cc(=O)oc2cc(OC(=O)c3sc4cc(Br)ccc4c3Cl)ccc12. The third-order valence-corrected chi connectivity index (χ3v) is 6.04. The molecule has 26 heavy (non-hydrogen) atoms. The summed E-state index contributed by atoms with van der Waals surface area (Å²) in [5.74, 6) is -0.271. The molecule has 4 aromatic rings. The van der Waals surface area contributed by atoms with E-state index in [1.54, 1.807) is 12.1 Å². The van der Waals surface area contributed by atoms with Crippen LogP contribution in [0.2, 0.25) is 5.02 Å². The van der Waals surface area contributed by atoms with E-state index in [-0.39, 0.29) is 5.75 Å². The molecule has 0 spiro atoms. The van der Waals surface area contributed by atoms with Crippen molar-refractivity contribution in [3.05, 3.63) is 72.8 Å². The van der Waals surface area contributed by atoms with Crippen LogP contribution < -0.4 is 10.4 Å². The minimum Gasteiger partial charge on any atom is -0.423 e. The Morgan fingerprint density at radius 1 is 1.15 bits per heavy atom. The van der Waals surface area contributed by atoms with Crippen LogP contribution in [-0.4, -0.2) is 5.97 Å². The van der Waals surface area contributed by atoms with Crippen LogP contribution in [0.1, 0.15) is 15.2 Å². The Kier molecular flexibility index (Phi) is 4.34. The molecule has 0 fully saturated rings. The van der Waals surface area contributed by atoms with Gasteiger partial charge in [0, 0.05) is 32.1 Å². The molecule has 0 aliphatic rings. The van der Waals surface area contributed by atoms with Crippen molar-refractivity contribution in [2.24, 2.45) is 0 Å². The molecule has 0 saturated carbocycles. The van der Waals surface area contributed by atoms with Gasteiger partial charge in [0.05, 0.1) is 5.02 Å². The summed E-state index contributed by atoms with van der Waals surface area (Å²) < 4.78 is 12.4. The number of rotatable bonds is 2. The molecule has 0 atom stereocenters. The van der Waals surface area contributed by atoms with Gasteiger partial charge in [-0.25, -0.2) is 9.59 Å². The maximum absolute atomic E-state index is 12.6. The summed E-state index contributed by atoms with van der Waals surface area (Å²) in [6.45, 7) is 1.82. The van der Waals surface area contributed by atoms with Crippen molar-refractivity contribution >= 4 is 65.9 Å². The lowest BCUT2D eigenvalue weighted by atomic mass is 10.1. The first-order chi connectivity index (χ1) is 12.4. The maximum atomic E-state index is 12.6. The van der Waals surface area contributed by atoms with Gasteiger partial charge in [-0.2, -0.15) is 0 Å². The van der Waals surface area contributed by atoms with E-state index in [0.29, 0.717) is 15.5 Å². The fourth-order valence-corrected chi connectivity index (χ4v) is 4.63. The monoisotopic (exact) mass is 448 g/mol. The zero-order chi connectivity index (χ0) is 18.4. The highest BCUT2D eigenvalue weighted by Crippen LogP contribution is 2.37. The number of thiophene rings is 1. The van der Waals surface area contributed by atoms with Gasteiger partial charge in [0.25, 0.3) is 0 Å². The lowest BCUT2D eigenvalue weighted by molar-refractivity contribution is 0.0740. The number of carbonyl (C=O) groups excluding carboxylic acids is 1. The molecule has 2 heterocycles. The number of hydrogen-bond donors (Lipinski definition) is 0. The molecule has 7 heteroatoms. The predicted molar refractivity (Wildman–Crippen MR) is 107 cm³/mol. The Balaban J connectivity index is 1.71. The first kappa shape index (κ1) is 17.3. The van der Waals surface area contributed by atoms with Crippen LogP contribution in [0.5, 0.6) is 5.75 Å². The molecule has 0 radical (unpaired) electrons. The lowest BCUT2D eigenvalue weighted by Crippen LogP contribution is -2.07. The van der Waals surface area contributed by atoms with Crippen LogP contribution >= 0.6 is 38.9 Å². The van der Waals surface area contributed by atoms with Crippen molar-refractivity contribution in [1.82, 2.24) is 0 Å². The van der Waals surface area contributed by atoms with Crippen LogP contribution in [0.25, 0.3) is 21.1 Å². The normalized spacial score (nSPS) is 11.2. The van der Waals surface area contributed by atoms with Gasteiger partial charge < -0.3 is 9.15 Å². The smallest absolute Gasteiger partial charge is 0.355 e. The minimum absolute atomic E-state index is 0.283. The number of halogens is 2. The number of hydrogen-bond acceptors (Lipinski definition) is 5. The van der Waals surface area contributed by atoms with Crippen molar-refractivity contribution in [3.8, 4) is 5.75 Å². The Morgan fingerprint density at radius 3 is 2.73 bits per heavy atom. The molecule has 0 aliphatic heterocycles. The standard InChI is InChI=1S/C19H10BrClO4S/c1-9-6-16(22)25-14-8-11(3-5-12(9)14)24-19(23)18-17(21)13-4-2-10(20)7-15(13)26-18/h2-8H,1H3. The Labute approximate surface area is 165 Å². The van der Waals surface area contributed by atoms with Gasteiger partial charge in [0.2, 0.25) is 0 Å². The summed E-state index contributed by atoms with van der Waals surface area (Å²) in [5, 5.41) is 1.95. The second-order valence-corrected chi connectivity index (χ2v) is 8.03. The topological polar surface area (TPSA) is 56.5 Å². The predicted octanol–water partition coefficient (Wildman–Crippen LogP) is 5.95. The fraction of sp³-hybridized carbons (Fsp3) is 0.0526. The summed E-state index contributed by atoms with van der Waals surface area (Å²) >= 11 is 11.0. The van der Waals surface area contributed by atoms with E-state index in [9.17, 15) is 9.59 Å². The molecule has 0 amide bonds. The van der Waals surface area contributed by atoms with E-state index in [1.807, 2.05) is 25.1 Å². The largest absolute Gasteiger partial charge is 0.423 e. The van der Waals surface area contributed by atoms with E-state index >= 15 is 0 Å². The number of aryl methyl sites for hydroxylation is 1.